The van der Waals surface area contributed by atoms with Crippen molar-refractivity contribution in [2.24, 2.45) is 0 Å². The third-order valence-corrected chi connectivity index (χ3v) is 2.29. The quantitative estimate of drug-likeness (QED) is 0.851. The summed E-state index contributed by atoms with van der Waals surface area (Å²) < 4.78 is 36.9. The molecule has 0 spiro atoms. The highest BCUT2D eigenvalue weighted by molar-refractivity contribution is 6.33. The van der Waals surface area contributed by atoms with Crippen molar-refractivity contribution in [3.8, 4) is 0 Å². The maximum absolute atomic E-state index is 12.3. The van der Waals surface area contributed by atoms with Crippen LogP contribution in [0.15, 0.2) is 29.8 Å². The molecule has 0 aliphatic carbocycles. The van der Waals surface area contributed by atoms with Crippen LogP contribution in [0, 0.1) is 0 Å². The highest BCUT2D eigenvalue weighted by atomic mass is 35.5. The molecular weight excluding hydrogens is 262 g/mol. The minimum absolute atomic E-state index is 0.0257. The minimum Gasteiger partial charge on any atom is -0.380 e. The zero-order chi connectivity index (χ0) is 12.2. The van der Waals surface area contributed by atoms with Gasteiger partial charge in [-0.2, -0.15) is 13.2 Å². The van der Waals surface area contributed by atoms with Gasteiger partial charge in [-0.1, -0.05) is 29.3 Å². The first kappa shape index (κ1) is 13.2. The standard InChI is InChI=1S/C10H8Cl2F3N/c11-4-1-5-16-9-3-2-7(6-8(9)12)10(13,14)15/h1-4,6,16H,5H2/b4-1+. The van der Waals surface area contributed by atoms with Gasteiger partial charge in [-0.05, 0) is 18.2 Å². The molecule has 6 heteroatoms. The Morgan fingerprint density at radius 3 is 2.50 bits per heavy atom. The Balaban J connectivity index is 2.83. The van der Waals surface area contributed by atoms with E-state index < -0.39 is 11.7 Å². The van der Waals surface area contributed by atoms with E-state index in [1.54, 1.807) is 6.08 Å². The summed E-state index contributed by atoms with van der Waals surface area (Å²) in [5, 5.41) is 2.85. The molecule has 0 fully saturated rings. The van der Waals surface area contributed by atoms with E-state index in [-0.39, 0.29) is 5.02 Å². The van der Waals surface area contributed by atoms with Crippen molar-refractivity contribution in [1.82, 2.24) is 0 Å². The first-order chi connectivity index (χ1) is 7.45. The normalized spacial score (nSPS) is 12.1. The molecule has 0 aromatic heterocycles. The highest BCUT2D eigenvalue weighted by Crippen LogP contribution is 2.33. The van der Waals surface area contributed by atoms with E-state index in [0.29, 0.717) is 12.2 Å². The molecule has 0 aliphatic heterocycles. The first-order valence-electron chi connectivity index (χ1n) is 4.31. The van der Waals surface area contributed by atoms with Crippen molar-refractivity contribution in [1.29, 1.82) is 0 Å². The Morgan fingerprint density at radius 1 is 1.31 bits per heavy atom. The second-order valence-corrected chi connectivity index (χ2v) is 3.59. The molecule has 1 aromatic carbocycles. The van der Waals surface area contributed by atoms with E-state index in [0.717, 1.165) is 12.1 Å². The number of hydrogen-bond donors (Lipinski definition) is 1. The van der Waals surface area contributed by atoms with Gasteiger partial charge in [-0.3, -0.25) is 0 Å². The SMILES string of the molecule is FC(F)(F)c1ccc(NC/C=C/Cl)c(Cl)c1. The van der Waals surface area contributed by atoms with Gasteiger partial charge in [0.1, 0.15) is 0 Å². The number of anilines is 1. The Hall–Kier alpha value is -0.870. The monoisotopic (exact) mass is 269 g/mol. The van der Waals surface area contributed by atoms with Crippen LogP contribution in [0.4, 0.5) is 18.9 Å². The summed E-state index contributed by atoms with van der Waals surface area (Å²) in [6, 6.07) is 3.14. The molecule has 0 bridgehead atoms. The molecule has 0 aliphatic rings. The first-order valence-corrected chi connectivity index (χ1v) is 5.12. The Morgan fingerprint density at radius 2 is 2.00 bits per heavy atom. The molecule has 1 rings (SSSR count). The van der Waals surface area contributed by atoms with E-state index in [2.05, 4.69) is 5.32 Å². The third-order valence-electron chi connectivity index (χ3n) is 1.80. The molecule has 1 aromatic rings. The van der Waals surface area contributed by atoms with Gasteiger partial charge in [0.2, 0.25) is 0 Å². The van der Waals surface area contributed by atoms with Gasteiger partial charge < -0.3 is 5.32 Å². The topological polar surface area (TPSA) is 12.0 Å². The van der Waals surface area contributed by atoms with Crippen LogP contribution in [0.3, 0.4) is 0 Å². The average Bonchev–Trinajstić information content (AvgIpc) is 2.19. The van der Waals surface area contributed by atoms with E-state index in [1.807, 2.05) is 0 Å². The molecule has 0 unspecified atom stereocenters. The summed E-state index contributed by atoms with van der Waals surface area (Å²) in [4.78, 5) is 0. The van der Waals surface area contributed by atoms with E-state index in [9.17, 15) is 13.2 Å². The second-order valence-electron chi connectivity index (χ2n) is 2.93. The van der Waals surface area contributed by atoms with Crippen LogP contribution in [-0.4, -0.2) is 6.54 Å². The Kier molecular flexibility index (Phi) is 4.50. The molecule has 16 heavy (non-hydrogen) atoms. The zero-order valence-corrected chi connectivity index (χ0v) is 9.50. The maximum Gasteiger partial charge on any atom is 0.416 e. The Labute approximate surface area is 101 Å². The maximum atomic E-state index is 12.3. The zero-order valence-electron chi connectivity index (χ0n) is 7.98. The van der Waals surface area contributed by atoms with Gasteiger partial charge in [0.05, 0.1) is 16.3 Å². The summed E-state index contributed by atoms with van der Waals surface area (Å²) in [7, 11) is 0. The van der Waals surface area contributed by atoms with Crippen LogP contribution < -0.4 is 5.32 Å². The largest absolute Gasteiger partial charge is 0.416 e. The molecule has 0 atom stereocenters. The van der Waals surface area contributed by atoms with Crippen LogP contribution in [0.2, 0.25) is 5.02 Å². The molecule has 0 heterocycles. The summed E-state index contributed by atoms with van der Waals surface area (Å²) in [6.07, 6.45) is -2.77. The number of hydrogen-bond acceptors (Lipinski definition) is 1. The minimum atomic E-state index is -4.38. The number of nitrogens with one attached hydrogen (secondary N) is 1. The smallest absolute Gasteiger partial charge is 0.380 e. The van der Waals surface area contributed by atoms with Crippen molar-refractivity contribution >= 4 is 28.9 Å². The number of halogens is 5. The van der Waals surface area contributed by atoms with Crippen molar-refractivity contribution in [2.75, 3.05) is 11.9 Å². The van der Waals surface area contributed by atoms with E-state index in [1.165, 1.54) is 11.6 Å². The van der Waals surface area contributed by atoms with Crippen LogP contribution in [-0.2, 0) is 6.18 Å². The fraction of sp³-hybridized carbons (Fsp3) is 0.200. The fourth-order valence-electron chi connectivity index (χ4n) is 1.05. The molecule has 1 N–H and O–H groups in total. The molecule has 0 saturated carbocycles. The van der Waals surface area contributed by atoms with Gasteiger partial charge in [-0.25, -0.2) is 0 Å². The summed E-state index contributed by atoms with van der Waals surface area (Å²) in [5.74, 6) is 0. The highest BCUT2D eigenvalue weighted by Gasteiger charge is 2.30. The van der Waals surface area contributed by atoms with E-state index in [4.69, 9.17) is 23.2 Å². The van der Waals surface area contributed by atoms with Crippen LogP contribution in [0.5, 0.6) is 0 Å². The average molecular weight is 270 g/mol. The van der Waals surface area contributed by atoms with Gasteiger partial charge >= 0.3 is 6.18 Å². The lowest BCUT2D eigenvalue weighted by Crippen LogP contribution is -2.06. The second kappa shape index (κ2) is 5.46. The molecule has 0 radical (unpaired) electrons. The van der Waals surface area contributed by atoms with E-state index >= 15 is 0 Å². The molecular formula is C10H8Cl2F3N. The number of alkyl halides is 3. The van der Waals surface area contributed by atoms with Crippen LogP contribution >= 0.6 is 23.2 Å². The van der Waals surface area contributed by atoms with Crippen molar-refractivity contribution in [3.63, 3.8) is 0 Å². The van der Waals surface area contributed by atoms with Crippen molar-refractivity contribution in [2.45, 2.75) is 6.18 Å². The van der Waals surface area contributed by atoms with Crippen LogP contribution in [0.1, 0.15) is 5.56 Å². The van der Waals surface area contributed by atoms with Gasteiger partial charge in [0.25, 0.3) is 0 Å². The third kappa shape index (κ3) is 3.61. The molecule has 0 saturated heterocycles. The summed E-state index contributed by atoms with van der Waals surface area (Å²) >= 11 is 11.0. The molecule has 88 valence electrons. The van der Waals surface area contributed by atoms with Gasteiger partial charge in [0, 0.05) is 12.1 Å². The fourth-order valence-corrected chi connectivity index (χ4v) is 1.38. The van der Waals surface area contributed by atoms with Gasteiger partial charge in [-0.15, -0.1) is 0 Å². The number of benzene rings is 1. The Bertz CT molecular complexity index is 388. The summed E-state index contributed by atoms with van der Waals surface area (Å²) in [5.41, 5.74) is 0.978. The molecule has 1 nitrogen and oxygen atoms in total. The van der Waals surface area contributed by atoms with Crippen LogP contribution in [0.25, 0.3) is 0 Å². The predicted octanol–water partition coefficient (Wildman–Crippen LogP) is 4.52. The van der Waals surface area contributed by atoms with Crippen molar-refractivity contribution in [3.05, 3.63) is 40.4 Å². The van der Waals surface area contributed by atoms with Gasteiger partial charge in [0.15, 0.2) is 0 Å². The van der Waals surface area contributed by atoms with Crippen molar-refractivity contribution < 1.29 is 13.2 Å². The lowest BCUT2D eigenvalue weighted by atomic mass is 10.2. The number of rotatable bonds is 3. The predicted molar refractivity (Wildman–Crippen MR) is 59.9 cm³/mol. The molecule has 0 amide bonds. The lowest BCUT2D eigenvalue weighted by Gasteiger charge is -2.10. The lowest BCUT2D eigenvalue weighted by molar-refractivity contribution is -0.137. The summed E-state index contributed by atoms with van der Waals surface area (Å²) in [6.45, 7) is 0.397.